The molecule has 0 unspecified atom stereocenters. The van der Waals surface area contributed by atoms with Crippen molar-refractivity contribution in [3.63, 3.8) is 0 Å². The van der Waals surface area contributed by atoms with Crippen molar-refractivity contribution in [1.29, 1.82) is 0 Å². The first-order chi connectivity index (χ1) is 13.2. The Morgan fingerprint density at radius 3 is 2.67 bits per heavy atom. The number of hydrogen-bond donors (Lipinski definition) is 0. The first-order valence-electron chi connectivity index (χ1n) is 10.2. The van der Waals surface area contributed by atoms with Gasteiger partial charge in [0, 0.05) is 42.6 Å². The Labute approximate surface area is 163 Å². The van der Waals surface area contributed by atoms with Crippen LogP contribution in [0.1, 0.15) is 35.2 Å². The molecule has 4 rings (SSSR count). The van der Waals surface area contributed by atoms with Gasteiger partial charge in [-0.3, -0.25) is 9.88 Å². The van der Waals surface area contributed by atoms with Gasteiger partial charge in [0.2, 0.25) is 0 Å². The molecule has 1 aromatic carbocycles. The van der Waals surface area contributed by atoms with Crippen molar-refractivity contribution < 1.29 is 4.74 Å². The Bertz CT molecular complexity index is 796. The van der Waals surface area contributed by atoms with E-state index in [0.717, 1.165) is 42.6 Å². The van der Waals surface area contributed by atoms with Crippen molar-refractivity contribution in [2.24, 2.45) is 5.92 Å². The first kappa shape index (κ1) is 18.3. The fourth-order valence-electron chi connectivity index (χ4n) is 4.68. The van der Waals surface area contributed by atoms with E-state index < -0.39 is 0 Å². The smallest absolute Gasteiger partial charge is 0.128 e. The third-order valence-electron chi connectivity index (χ3n) is 6.29. The molecule has 27 heavy (non-hydrogen) atoms. The SMILES string of the molecule is COc1c(C)cnc(CN2CCC(CN3CCc4ccccc43)CC2)c1C. The van der Waals surface area contributed by atoms with Crippen LogP contribution in [0.25, 0.3) is 0 Å². The van der Waals surface area contributed by atoms with Crippen LogP contribution in [0.2, 0.25) is 0 Å². The number of benzene rings is 1. The zero-order chi connectivity index (χ0) is 18.8. The Morgan fingerprint density at radius 1 is 1.11 bits per heavy atom. The predicted octanol–water partition coefficient (Wildman–Crippen LogP) is 3.98. The van der Waals surface area contributed by atoms with Gasteiger partial charge in [0.05, 0.1) is 12.8 Å². The van der Waals surface area contributed by atoms with E-state index in [1.54, 1.807) is 7.11 Å². The highest BCUT2D eigenvalue weighted by Gasteiger charge is 2.25. The van der Waals surface area contributed by atoms with Gasteiger partial charge in [0.25, 0.3) is 0 Å². The molecule has 1 aromatic heterocycles. The summed E-state index contributed by atoms with van der Waals surface area (Å²) in [6.45, 7) is 9.85. The number of likely N-dealkylation sites (tertiary alicyclic amines) is 1. The summed E-state index contributed by atoms with van der Waals surface area (Å²) < 4.78 is 5.56. The highest BCUT2D eigenvalue weighted by molar-refractivity contribution is 5.57. The quantitative estimate of drug-likeness (QED) is 0.801. The van der Waals surface area contributed by atoms with Crippen LogP contribution >= 0.6 is 0 Å². The minimum Gasteiger partial charge on any atom is -0.496 e. The van der Waals surface area contributed by atoms with Gasteiger partial charge in [-0.05, 0) is 63.7 Å². The topological polar surface area (TPSA) is 28.6 Å². The minimum absolute atomic E-state index is 0.800. The molecule has 4 heteroatoms. The van der Waals surface area contributed by atoms with E-state index in [2.05, 4.69) is 52.9 Å². The standard InChI is InChI=1S/C23H31N3O/c1-17-14-24-21(18(2)23(17)27-3)16-25-11-8-19(9-12-25)15-26-13-10-20-6-4-5-7-22(20)26/h4-7,14,19H,8-13,15-16H2,1-3H3. The molecule has 1 fully saturated rings. The van der Waals surface area contributed by atoms with Crippen molar-refractivity contribution >= 4 is 5.69 Å². The number of anilines is 1. The zero-order valence-corrected chi connectivity index (χ0v) is 16.9. The second-order valence-electron chi connectivity index (χ2n) is 8.09. The number of methoxy groups -OCH3 is 1. The number of pyridine rings is 1. The summed E-state index contributed by atoms with van der Waals surface area (Å²) in [5, 5.41) is 0. The molecule has 4 nitrogen and oxygen atoms in total. The molecule has 2 aromatic rings. The van der Waals surface area contributed by atoms with Crippen LogP contribution in [0.15, 0.2) is 30.5 Å². The number of piperidine rings is 1. The summed E-state index contributed by atoms with van der Waals surface area (Å²) in [7, 11) is 1.75. The Kier molecular flexibility index (Phi) is 5.35. The van der Waals surface area contributed by atoms with Crippen molar-refractivity contribution in [3.8, 4) is 5.75 Å². The number of aromatic nitrogens is 1. The van der Waals surface area contributed by atoms with Crippen LogP contribution in [0, 0.1) is 19.8 Å². The molecule has 0 aliphatic carbocycles. The number of para-hydroxylation sites is 1. The maximum atomic E-state index is 5.56. The second-order valence-corrected chi connectivity index (χ2v) is 8.09. The lowest BCUT2D eigenvalue weighted by atomic mass is 9.95. The normalized spacial score (nSPS) is 18.0. The Hall–Kier alpha value is -2.07. The lowest BCUT2D eigenvalue weighted by molar-refractivity contribution is 0.177. The third kappa shape index (κ3) is 3.81. The van der Waals surface area contributed by atoms with Crippen molar-refractivity contribution in [2.45, 2.75) is 39.7 Å². The van der Waals surface area contributed by atoms with Crippen LogP contribution in [-0.4, -0.2) is 43.2 Å². The van der Waals surface area contributed by atoms with Crippen LogP contribution in [0.5, 0.6) is 5.75 Å². The molecule has 2 aliphatic rings. The highest BCUT2D eigenvalue weighted by Crippen LogP contribution is 2.31. The average molecular weight is 366 g/mol. The summed E-state index contributed by atoms with van der Waals surface area (Å²) in [6, 6.07) is 8.90. The predicted molar refractivity (Wildman–Crippen MR) is 111 cm³/mol. The average Bonchev–Trinajstić information content (AvgIpc) is 3.09. The maximum Gasteiger partial charge on any atom is 0.128 e. The van der Waals surface area contributed by atoms with E-state index in [0.29, 0.717) is 0 Å². The number of rotatable bonds is 5. The van der Waals surface area contributed by atoms with Crippen LogP contribution in [0.3, 0.4) is 0 Å². The fourth-order valence-corrected chi connectivity index (χ4v) is 4.68. The molecule has 0 bridgehead atoms. The lowest BCUT2D eigenvalue weighted by Gasteiger charge is -2.34. The molecule has 2 aliphatic heterocycles. The third-order valence-corrected chi connectivity index (χ3v) is 6.29. The zero-order valence-electron chi connectivity index (χ0n) is 16.9. The van der Waals surface area contributed by atoms with Crippen LogP contribution in [0.4, 0.5) is 5.69 Å². The van der Waals surface area contributed by atoms with Gasteiger partial charge in [-0.1, -0.05) is 18.2 Å². The molecule has 144 valence electrons. The maximum absolute atomic E-state index is 5.56. The molecule has 0 amide bonds. The molecule has 1 saturated heterocycles. The number of fused-ring (bicyclic) bond motifs is 1. The molecular weight excluding hydrogens is 334 g/mol. The summed E-state index contributed by atoms with van der Waals surface area (Å²) in [4.78, 5) is 9.84. The monoisotopic (exact) mass is 365 g/mol. The van der Waals surface area contributed by atoms with E-state index in [9.17, 15) is 0 Å². The Morgan fingerprint density at radius 2 is 1.89 bits per heavy atom. The van der Waals surface area contributed by atoms with Gasteiger partial charge >= 0.3 is 0 Å². The van der Waals surface area contributed by atoms with Gasteiger partial charge in [-0.15, -0.1) is 0 Å². The molecule has 0 radical (unpaired) electrons. The van der Waals surface area contributed by atoms with Crippen LogP contribution < -0.4 is 9.64 Å². The number of nitrogens with zero attached hydrogens (tertiary/aromatic N) is 3. The van der Waals surface area contributed by atoms with Gasteiger partial charge in [0.15, 0.2) is 0 Å². The summed E-state index contributed by atoms with van der Waals surface area (Å²) >= 11 is 0. The summed E-state index contributed by atoms with van der Waals surface area (Å²) in [5.41, 5.74) is 6.44. The Balaban J connectivity index is 1.32. The largest absolute Gasteiger partial charge is 0.496 e. The van der Waals surface area contributed by atoms with E-state index in [4.69, 9.17) is 4.74 Å². The van der Waals surface area contributed by atoms with Crippen molar-refractivity contribution in [1.82, 2.24) is 9.88 Å². The minimum atomic E-state index is 0.800. The van der Waals surface area contributed by atoms with E-state index in [1.807, 2.05) is 6.20 Å². The van der Waals surface area contributed by atoms with Gasteiger partial charge < -0.3 is 9.64 Å². The van der Waals surface area contributed by atoms with E-state index >= 15 is 0 Å². The van der Waals surface area contributed by atoms with Crippen molar-refractivity contribution in [2.75, 3.05) is 38.2 Å². The molecule has 0 spiro atoms. The molecular formula is C23H31N3O. The molecule has 0 N–H and O–H groups in total. The van der Waals surface area contributed by atoms with Crippen LogP contribution in [-0.2, 0) is 13.0 Å². The first-order valence-corrected chi connectivity index (χ1v) is 10.2. The lowest BCUT2D eigenvalue weighted by Crippen LogP contribution is -2.38. The van der Waals surface area contributed by atoms with E-state index in [1.165, 1.54) is 49.2 Å². The summed E-state index contributed by atoms with van der Waals surface area (Å²) in [5.74, 6) is 1.79. The number of aryl methyl sites for hydroxylation is 1. The van der Waals surface area contributed by atoms with Gasteiger partial charge in [-0.2, -0.15) is 0 Å². The molecule has 0 atom stereocenters. The number of hydrogen-bond acceptors (Lipinski definition) is 4. The molecule has 0 saturated carbocycles. The number of ether oxygens (including phenoxy) is 1. The van der Waals surface area contributed by atoms with Gasteiger partial charge in [0.1, 0.15) is 5.75 Å². The van der Waals surface area contributed by atoms with Crippen molar-refractivity contribution in [3.05, 3.63) is 52.8 Å². The van der Waals surface area contributed by atoms with Gasteiger partial charge in [-0.25, -0.2) is 0 Å². The second kappa shape index (κ2) is 7.89. The van der Waals surface area contributed by atoms with E-state index in [-0.39, 0.29) is 0 Å². The highest BCUT2D eigenvalue weighted by atomic mass is 16.5. The fraction of sp³-hybridized carbons (Fsp3) is 0.522. The molecule has 3 heterocycles. The summed E-state index contributed by atoms with van der Waals surface area (Å²) in [6.07, 6.45) is 5.70.